The fourth-order valence-corrected chi connectivity index (χ4v) is 3.53. The van der Waals surface area contributed by atoms with E-state index in [2.05, 4.69) is 50.7 Å². The highest BCUT2D eigenvalue weighted by Crippen LogP contribution is 2.29. The van der Waals surface area contributed by atoms with E-state index >= 15 is 0 Å². The lowest BCUT2D eigenvalue weighted by Gasteiger charge is -2.30. The molecule has 1 aliphatic heterocycles. The summed E-state index contributed by atoms with van der Waals surface area (Å²) in [5.74, 6) is 0.568. The van der Waals surface area contributed by atoms with Gasteiger partial charge in [-0.2, -0.15) is 5.10 Å². The first-order valence-electron chi connectivity index (χ1n) is 8.63. The van der Waals surface area contributed by atoms with Crippen LogP contribution in [0.5, 0.6) is 0 Å². The van der Waals surface area contributed by atoms with Crippen LogP contribution in [0.3, 0.4) is 0 Å². The van der Waals surface area contributed by atoms with Gasteiger partial charge in [-0.05, 0) is 50.2 Å². The van der Waals surface area contributed by atoms with Gasteiger partial charge < -0.3 is 5.32 Å². The average molecular weight is 334 g/mol. The number of carbonyl (C=O) groups excluding carboxylic acids is 1. The fourth-order valence-electron chi connectivity index (χ4n) is 3.53. The summed E-state index contributed by atoms with van der Waals surface area (Å²) < 4.78 is 0. The number of hydrogen-bond donors (Lipinski definition) is 2. The lowest BCUT2D eigenvalue weighted by atomic mass is 9.98. The highest BCUT2D eigenvalue weighted by Gasteiger charge is 2.41. The first-order chi connectivity index (χ1) is 12.1. The topological polar surface area (TPSA) is 61.0 Å². The first kappa shape index (κ1) is 15.8. The van der Waals surface area contributed by atoms with E-state index < -0.39 is 5.54 Å². The number of aromatic amines is 1. The molecule has 0 bridgehead atoms. The van der Waals surface area contributed by atoms with E-state index in [-0.39, 0.29) is 5.91 Å². The number of likely N-dealkylation sites (N-methyl/N-ethyl adjacent to an activating group) is 1. The third kappa shape index (κ3) is 2.81. The van der Waals surface area contributed by atoms with Crippen molar-refractivity contribution in [3.8, 4) is 11.3 Å². The Bertz CT molecular complexity index is 932. The highest BCUT2D eigenvalue weighted by molar-refractivity contribution is 5.97. The quantitative estimate of drug-likeness (QED) is 0.768. The number of hydrogen-bond acceptors (Lipinski definition) is 3. The van der Waals surface area contributed by atoms with Crippen molar-refractivity contribution in [2.24, 2.45) is 0 Å². The van der Waals surface area contributed by atoms with Gasteiger partial charge in [0.2, 0.25) is 5.91 Å². The van der Waals surface area contributed by atoms with Crippen LogP contribution in [0, 0.1) is 0 Å². The number of aromatic nitrogens is 2. The summed E-state index contributed by atoms with van der Waals surface area (Å²) in [7, 11) is 2.00. The predicted molar refractivity (Wildman–Crippen MR) is 100 cm³/mol. The van der Waals surface area contributed by atoms with E-state index in [4.69, 9.17) is 0 Å². The number of carbonyl (C=O) groups is 1. The molecule has 5 nitrogen and oxygen atoms in total. The van der Waals surface area contributed by atoms with Crippen LogP contribution in [0.2, 0.25) is 0 Å². The maximum Gasteiger partial charge on any atom is 0.245 e. The predicted octanol–water partition coefficient (Wildman–Crippen LogP) is 3.65. The molecule has 0 spiro atoms. The van der Waals surface area contributed by atoms with Crippen molar-refractivity contribution in [1.82, 2.24) is 15.1 Å². The molecule has 1 aromatic heterocycles. The van der Waals surface area contributed by atoms with Crippen LogP contribution in [0.25, 0.3) is 22.0 Å². The molecule has 1 atom stereocenters. The summed E-state index contributed by atoms with van der Waals surface area (Å²) in [5, 5.41) is 12.6. The maximum absolute atomic E-state index is 12.7. The Morgan fingerprint density at radius 2 is 2.00 bits per heavy atom. The van der Waals surface area contributed by atoms with Gasteiger partial charge in [-0.15, -0.1) is 0 Å². The first-order valence-corrected chi connectivity index (χ1v) is 8.63. The molecule has 2 aromatic carbocycles. The summed E-state index contributed by atoms with van der Waals surface area (Å²) in [4.78, 5) is 14.8. The second kappa shape index (κ2) is 6.01. The third-order valence-corrected chi connectivity index (χ3v) is 5.37. The van der Waals surface area contributed by atoms with E-state index in [0.717, 1.165) is 30.6 Å². The number of likely N-dealkylation sites (tertiary alicyclic amines) is 1. The third-order valence-electron chi connectivity index (χ3n) is 5.37. The monoisotopic (exact) mass is 334 g/mol. The number of rotatable bonds is 3. The number of nitrogens with zero attached hydrogens (tertiary/aromatic N) is 2. The Morgan fingerprint density at radius 3 is 2.76 bits per heavy atom. The van der Waals surface area contributed by atoms with Crippen molar-refractivity contribution in [3.63, 3.8) is 0 Å². The molecule has 128 valence electrons. The van der Waals surface area contributed by atoms with Gasteiger partial charge in [0.25, 0.3) is 0 Å². The molecule has 1 saturated heterocycles. The minimum Gasteiger partial charge on any atom is -0.308 e. The molecule has 4 rings (SSSR count). The van der Waals surface area contributed by atoms with E-state index in [1.54, 1.807) is 0 Å². The average Bonchev–Trinajstić information content (AvgIpc) is 3.22. The van der Waals surface area contributed by atoms with Crippen LogP contribution >= 0.6 is 0 Å². The number of amides is 1. The lowest BCUT2D eigenvalue weighted by molar-refractivity contribution is -0.124. The molecule has 1 unspecified atom stereocenters. The van der Waals surface area contributed by atoms with Crippen LogP contribution in [0.15, 0.2) is 48.5 Å². The van der Waals surface area contributed by atoms with Gasteiger partial charge in [-0.3, -0.25) is 14.8 Å². The van der Waals surface area contributed by atoms with Gasteiger partial charge >= 0.3 is 0 Å². The molecule has 1 amide bonds. The van der Waals surface area contributed by atoms with Gasteiger partial charge in [0.15, 0.2) is 5.82 Å². The SMILES string of the molecule is CN1CCCC1(C)C(=O)Nc1cc(-c2ccc3ccccc3c2)[nH]n1. The van der Waals surface area contributed by atoms with Crippen LogP contribution < -0.4 is 5.32 Å². The van der Waals surface area contributed by atoms with Crippen molar-refractivity contribution < 1.29 is 4.79 Å². The zero-order valence-electron chi connectivity index (χ0n) is 14.5. The number of nitrogens with one attached hydrogen (secondary N) is 2. The normalized spacial score (nSPS) is 20.9. The van der Waals surface area contributed by atoms with E-state index in [9.17, 15) is 4.79 Å². The van der Waals surface area contributed by atoms with Gasteiger partial charge in [-0.25, -0.2) is 0 Å². The molecular weight excluding hydrogens is 312 g/mol. The highest BCUT2D eigenvalue weighted by atomic mass is 16.2. The molecule has 1 aliphatic rings. The van der Waals surface area contributed by atoms with Gasteiger partial charge in [0.05, 0.1) is 11.2 Å². The van der Waals surface area contributed by atoms with E-state index in [1.165, 1.54) is 10.8 Å². The fraction of sp³-hybridized carbons (Fsp3) is 0.300. The molecule has 3 aromatic rings. The minimum atomic E-state index is -0.456. The van der Waals surface area contributed by atoms with Gasteiger partial charge in [0.1, 0.15) is 0 Å². The van der Waals surface area contributed by atoms with Gasteiger partial charge in [-0.1, -0.05) is 36.4 Å². The van der Waals surface area contributed by atoms with Crippen LogP contribution in [-0.2, 0) is 4.79 Å². The maximum atomic E-state index is 12.7. The summed E-state index contributed by atoms with van der Waals surface area (Å²) in [6.07, 6.45) is 1.92. The summed E-state index contributed by atoms with van der Waals surface area (Å²) in [5.41, 5.74) is 1.49. The number of fused-ring (bicyclic) bond motifs is 1. The van der Waals surface area contributed by atoms with Crippen molar-refractivity contribution in [2.75, 3.05) is 18.9 Å². The molecule has 0 saturated carbocycles. The molecule has 2 N–H and O–H groups in total. The molecule has 5 heteroatoms. The van der Waals surface area contributed by atoms with Crippen LogP contribution in [0.4, 0.5) is 5.82 Å². The Kier molecular flexibility index (Phi) is 3.81. The Hall–Kier alpha value is -2.66. The smallest absolute Gasteiger partial charge is 0.245 e. The summed E-state index contributed by atoms with van der Waals surface area (Å²) >= 11 is 0. The van der Waals surface area contributed by atoms with Crippen LogP contribution in [0.1, 0.15) is 19.8 Å². The Morgan fingerprint density at radius 1 is 1.20 bits per heavy atom. The van der Waals surface area contributed by atoms with Crippen molar-refractivity contribution in [3.05, 3.63) is 48.5 Å². The van der Waals surface area contributed by atoms with Crippen molar-refractivity contribution in [2.45, 2.75) is 25.3 Å². The number of anilines is 1. The van der Waals surface area contributed by atoms with E-state index in [0.29, 0.717) is 5.82 Å². The molecule has 0 radical (unpaired) electrons. The zero-order chi connectivity index (χ0) is 17.4. The summed E-state index contributed by atoms with van der Waals surface area (Å²) in [6, 6.07) is 16.4. The zero-order valence-corrected chi connectivity index (χ0v) is 14.5. The molecular formula is C20H22N4O. The second-order valence-corrected chi connectivity index (χ2v) is 6.98. The molecule has 25 heavy (non-hydrogen) atoms. The van der Waals surface area contributed by atoms with Crippen molar-refractivity contribution >= 4 is 22.5 Å². The van der Waals surface area contributed by atoms with E-state index in [1.807, 2.05) is 32.2 Å². The molecule has 1 fully saturated rings. The minimum absolute atomic E-state index is 0.00376. The number of H-pyrrole nitrogens is 1. The molecule has 0 aliphatic carbocycles. The second-order valence-electron chi connectivity index (χ2n) is 6.98. The Labute approximate surface area is 147 Å². The van der Waals surface area contributed by atoms with Crippen molar-refractivity contribution in [1.29, 1.82) is 0 Å². The number of benzene rings is 2. The Balaban J connectivity index is 1.56. The largest absolute Gasteiger partial charge is 0.308 e. The lowest BCUT2D eigenvalue weighted by Crippen LogP contribution is -2.48. The molecule has 2 heterocycles. The van der Waals surface area contributed by atoms with Gasteiger partial charge in [0, 0.05) is 11.6 Å². The standard InChI is InChI=1S/C20H22N4O/c1-20(10-5-11-24(20)2)19(25)21-18-13-17(22-23-18)16-9-8-14-6-3-4-7-15(14)12-16/h3-4,6-9,12-13H,5,10-11H2,1-2H3,(H2,21,22,23,25). The summed E-state index contributed by atoms with van der Waals surface area (Å²) in [6.45, 7) is 2.94. The van der Waals surface area contributed by atoms with Crippen LogP contribution in [-0.4, -0.2) is 40.1 Å².